The van der Waals surface area contributed by atoms with Crippen LogP contribution >= 0.6 is 0 Å². The van der Waals surface area contributed by atoms with E-state index < -0.39 is 5.97 Å². The summed E-state index contributed by atoms with van der Waals surface area (Å²) in [5, 5.41) is 0. The molecule has 0 N–H and O–H groups in total. The number of fused-ring (bicyclic) bond motifs is 1. The van der Waals surface area contributed by atoms with E-state index in [2.05, 4.69) is 9.72 Å². The third-order valence-corrected chi connectivity index (χ3v) is 3.27. The lowest BCUT2D eigenvalue weighted by Crippen LogP contribution is -2.15. The van der Waals surface area contributed by atoms with Gasteiger partial charge < -0.3 is 13.9 Å². The second kappa shape index (κ2) is 5.96. The molecule has 3 aromatic heterocycles. The summed E-state index contributed by atoms with van der Waals surface area (Å²) in [4.78, 5) is 27.7. The van der Waals surface area contributed by atoms with E-state index in [1.54, 1.807) is 18.3 Å². The van der Waals surface area contributed by atoms with Gasteiger partial charge in [-0.05, 0) is 30.7 Å². The molecule has 3 aromatic rings. The van der Waals surface area contributed by atoms with Crippen LogP contribution in [0.1, 0.15) is 21.9 Å². The Morgan fingerprint density at radius 3 is 2.96 bits per heavy atom. The minimum atomic E-state index is -0.561. The van der Waals surface area contributed by atoms with Gasteiger partial charge in [0, 0.05) is 6.20 Å². The summed E-state index contributed by atoms with van der Waals surface area (Å²) in [6.45, 7) is 1.91. The van der Waals surface area contributed by atoms with Crippen LogP contribution in [-0.4, -0.2) is 22.5 Å². The van der Waals surface area contributed by atoms with Gasteiger partial charge in [0.05, 0.1) is 13.2 Å². The number of carbonyl (C=O) groups is 1. The molecule has 0 amide bonds. The molecule has 0 aliphatic rings. The topological polar surface area (TPSA) is 83.0 Å². The van der Waals surface area contributed by atoms with Crippen LogP contribution in [0, 0.1) is 6.92 Å². The van der Waals surface area contributed by atoms with Crippen LogP contribution in [0.3, 0.4) is 0 Å². The van der Waals surface area contributed by atoms with Gasteiger partial charge in [0.1, 0.15) is 18.0 Å². The average molecular weight is 314 g/mol. The Morgan fingerprint density at radius 2 is 2.17 bits per heavy atom. The molecule has 0 radical (unpaired) electrons. The van der Waals surface area contributed by atoms with Crippen molar-refractivity contribution in [2.75, 3.05) is 7.11 Å². The Hall–Kier alpha value is -3.09. The van der Waals surface area contributed by atoms with Crippen LogP contribution in [0.2, 0.25) is 0 Å². The second-order valence-electron chi connectivity index (χ2n) is 4.86. The lowest BCUT2D eigenvalue weighted by atomic mass is 10.3. The monoisotopic (exact) mass is 314 g/mol. The summed E-state index contributed by atoms with van der Waals surface area (Å²) in [5.41, 5.74) is 1.16. The highest BCUT2D eigenvalue weighted by Gasteiger charge is 2.12. The fourth-order valence-electron chi connectivity index (χ4n) is 2.13. The fraction of sp³-hybridized carbons (Fsp3) is 0.188. The second-order valence-corrected chi connectivity index (χ2v) is 4.86. The molecule has 118 valence electrons. The van der Waals surface area contributed by atoms with Crippen LogP contribution in [0.5, 0.6) is 5.88 Å². The van der Waals surface area contributed by atoms with Gasteiger partial charge in [-0.2, -0.15) is 4.98 Å². The van der Waals surface area contributed by atoms with Gasteiger partial charge in [-0.3, -0.25) is 9.20 Å². The molecular weight excluding hydrogens is 300 g/mol. The minimum Gasteiger partial charge on any atom is -0.469 e. The summed E-state index contributed by atoms with van der Waals surface area (Å²) in [6.07, 6.45) is 1.65. The van der Waals surface area contributed by atoms with Gasteiger partial charge in [0.15, 0.2) is 0 Å². The van der Waals surface area contributed by atoms with Crippen molar-refractivity contribution < 1.29 is 18.7 Å². The number of methoxy groups -OCH3 is 1. The fourth-order valence-corrected chi connectivity index (χ4v) is 2.13. The summed E-state index contributed by atoms with van der Waals surface area (Å²) in [5.74, 6) is 0.153. The number of aromatic nitrogens is 2. The molecule has 0 fully saturated rings. The number of ether oxygens (including phenoxy) is 2. The zero-order chi connectivity index (χ0) is 16.4. The molecular formula is C16H14N2O5. The van der Waals surface area contributed by atoms with Gasteiger partial charge >= 0.3 is 5.97 Å². The lowest BCUT2D eigenvalue weighted by molar-refractivity contribution is 0.0561. The third-order valence-electron chi connectivity index (χ3n) is 3.27. The summed E-state index contributed by atoms with van der Waals surface area (Å²) < 4.78 is 16.8. The van der Waals surface area contributed by atoms with E-state index in [9.17, 15) is 9.59 Å². The quantitative estimate of drug-likeness (QED) is 0.685. The van der Waals surface area contributed by atoms with E-state index in [1.807, 2.05) is 13.0 Å². The van der Waals surface area contributed by atoms with Gasteiger partial charge in [-0.25, -0.2) is 4.79 Å². The van der Waals surface area contributed by atoms with Crippen molar-refractivity contribution >= 4 is 11.6 Å². The predicted octanol–water partition coefficient (Wildman–Crippen LogP) is 1.96. The number of hydrogen-bond acceptors (Lipinski definition) is 6. The zero-order valence-corrected chi connectivity index (χ0v) is 12.6. The van der Waals surface area contributed by atoms with Crippen LogP contribution in [0.15, 0.2) is 45.7 Å². The van der Waals surface area contributed by atoms with E-state index in [1.165, 1.54) is 23.6 Å². The van der Waals surface area contributed by atoms with Gasteiger partial charge in [0.2, 0.25) is 11.6 Å². The molecule has 0 saturated carbocycles. The summed E-state index contributed by atoms with van der Waals surface area (Å²) in [6, 6.07) is 8.04. The molecule has 0 bridgehead atoms. The summed E-state index contributed by atoms with van der Waals surface area (Å²) >= 11 is 0. The van der Waals surface area contributed by atoms with E-state index in [0.717, 1.165) is 5.56 Å². The van der Waals surface area contributed by atoms with Crippen molar-refractivity contribution in [3.05, 3.63) is 64.0 Å². The Kier molecular flexibility index (Phi) is 3.84. The van der Waals surface area contributed by atoms with E-state index in [4.69, 9.17) is 9.15 Å². The summed E-state index contributed by atoms with van der Waals surface area (Å²) in [7, 11) is 1.27. The number of hydrogen-bond donors (Lipinski definition) is 0. The SMILES string of the molecule is COC(=O)c1ccc(COc2cc(=O)n3cccc(C)c3n2)o1. The van der Waals surface area contributed by atoms with Gasteiger partial charge in [-0.15, -0.1) is 0 Å². The number of furan rings is 1. The molecule has 0 atom stereocenters. The molecule has 3 rings (SSSR count). The molecule has 7 nitrogen and oxygen atoms in total. The predicted molar refractivity (Wildman–Crippen MR) is 80.6 cm³/mol. The first kappa shape index (κ1) is 14.8. The molecule has 0 aliphatic heterocycles. The van der Waals surface area contributed by atoms with E-state index >= 15 is 0 Å². The molecule has 0 aromatic carbocycles. The number of nitrogens with zero attached hydrogens (tertiary/aromatic N) is 2. The Balaban J connectivity index is 1.82. The Bertz CT molecular complexity index is 926. The van der Waals surface area contributed by atoms with Crippen LogP contribution in [0.4, 0.5) is 0 Å². The van der Waals surface area contributed by atoms with E-state index in [-0.39, 0.29) is 23.8 Å². The highest BCUT2D eigenvalue weighted by Crippen LogP contribution is 2.14. The van der Waals surface area contributed by atoms with Crippen LogP contribution in [-0.2, 0) is 11.3 Å². The smallest absolute Gasteiger partial charge is 0.373 e. The highest BCUT2D eigenvalue weighted by molar-refractivity contribution is 5.86. The maximum Gasteiger partial charge on any atom is 0.373 e. The van der Waals surface area contributed by atoms with Gasteiger partial charge in [-0.1, -0.05) is 6.07 Å². The molecule has 0 saturated heterocycles. The third kappa shape index (κ3) is 2.94. The standard InChI is InChI=1S/C16H14N2O5/c1-10-4-3-7-18-14(19)8-13(17-15(10)18)22-9-11-5-6-12(23-11)16(20)21-2/h3-8H,9H2,1-2H3. The molecule has 0 spiro atoms. The highest BCUT2D eigenvalue weighted by atomic mass is 16.5. The largest absolute Gasteiger partial charge is 0.469 e. The minimum absolute atomic E-state index is 0.0471. The average Bonchev–Trinajstić information content (AvgIpc) is 3.02. The first-order chi connectivity index (χ1) is 11.1. The van der Waals surface area contributed by atoms with E-state index in [0.29, 0.717) is 11.4 Å². The Labute approximate surface area is 131 Å². The number of carbonyl (C=O) groups excluding carboxylic acids is 1. The first-order valence-electron chi connectivity index (χ1n) is 6.87. The van der Waals surface area contributed by atoms with Crippen LogP contribution in [0.25, 0.3) is 5.65 Å². The van der Waals surface area contributed by atoms with Crippen molar-refractivity contribution in [3.63, 3.8) is 0 Å². The number of esters is 1. The van der Waals surface area contributed by atoms with Crippen molar-refractivity contribution in [2.24, 2.45) is 0 Å². The molecule has 23 heavy (non-hydrogen) atoms. The molecule has 7 heteroatoms. The number of aryl methyl sites for hydroxylation is 1. The maximum atomic E-state index is 12.1. The van der Waals surface area contributed by atoms with Gasteiger partial charge in [0.25, 0.3) is 5.56 Å². The normalized spacial score (nSPS) is 10.7. The van der Waals surface area contributed by atoms with Crippen LogP contribution < -0.4 is 10.3 Å². The molecule has 0 aliphatic carbocycles. The number of rotatable bonds is 4. The zero-order valence-electron chi connectivity index (χ0n) is 12.6. The molecule has 3 heterocycles. The Morgan fingerprint density at radius 1 is 1.35 bits per heavy atom. The molecule has 0 unspecified atom stereocenters. The van der Waals surface area contributed by atoms with Crippen molar-refractivity contribution in [1.29, 1.82) is 0 Å². The first-order valence-corrected chi connectivity index (χ1v) is 6.87. The lowest BCUT2D eigenvalue weighted by Gasteiger charge is -2.06. The van der Waals surface area contributed by atoms with Crippen molar-refractivity contribution in [1.82, 2.24) is 9.38 Å². The van der Waals surface area contributed by atoms with Crippen molar-refractivity contribution in [2.45, 2.75) is 13.5 Å². The maximum absolute atomic E-state index is 12.1. The number of pyridine rings is 1. The van der Waals surface area contributed by atoms with Crippen molar-refractivity contribution in [3.8, 4) is 5.88 Å².